The largest absolute Gasteiger partial charge is 0.385 e. The van der Waals surface area contributed by atoms with Gasteiger partial charge in [-0.2, -0.15) is 0 Å². The lowest BCUT2D eigenvalue weighted by molar-refractivity contribution is 0.162. The second kappa shape index (κ2) is 15.2. The molecule has 0 spiro atoms. The van der Waals surface area contributed by atoms with Crippen LogP contribution in [0.25, 0.3) is 0 Å². The molecule has 0 radical (unpaired) electrons. The molecule has 1 unspecified atom stereocenters. The zero-order chi connectivity index (χ0) is 18.3. The van der Waals surface area contributed by atoms with Crippen molar-refractivity contribution in [2.24, 2.45) is 5.41 Å². The molecular formula is C21H42ClNO. The van der Waals surface area contributed by atoms with E-state index >= 15 is 0 Å². The summed E-state index contributed by atoms with van der Waals surface area (Å²) in [6, 6.07) is 0. The van der Waals surface area contributed by atoms with Crippen LogP contribution in [0.15, 0.2) is 11.6 Å². The number of hydrogen-bond acceptors (Lipinski definition) is 2. The topological polar surface area (TPSA) is 12.5 Å². The van der Waals surface area contributed by atoms with Gasteiger partial charge in [0.15, 0.2) is 0 Å². The zero-order valence-electron chi connectivity index (χ0n) is 16.8. The van der Waals surface area contributed by atoms with Crippen LogP contribution in [-0.2, 0) is 4.74 Å². The Hall–Kier alpha value is -0.0500. The summed E-state index contributed by atoms with van der Waals surface area (Å²) >= 11 is 6.05. The van der Waals surface area contributed by atoms with E-state index in [1.54, 1.807) is 7.11 Å². The Kier molecular flexibility index (Phi) is 15.2. The first kappa shape index (κ1) is 23.9. The molecule has 144 valence electrons. The van der Waals surface area contributed by atoms with Crippen molar-refractivity contribution in [2.75, 3.05) is 33.4 Å². The van der Waals surface area contributed by atoms with E-state index in [4.69, 9.17) is 16.3 Å². The van der Waals surface area contributed by atoms with Gasteiger partial charge in [-0.25, -0.2) is 0 Å². The van der Waals surface area contributed by atoms with Crippen LogP contribution in [0.4, 0.5) is 0 Å². The van der Waals surface area contributed by atoms with E-state index in [-0.39, 0.29) is 5.41 Å². The van der Waals surface area contributed by atoms with E-state index in [2.05, 4.69) is 32.3 Å². The molecule has 0 amide bonds. The standard InChI is InChI=1S/C12H23Cl.C9H19NO/c1-5-7-8-10-12(4,9-6-2)11(3)13;1-11-9-5-8-10-6-3-2-4-7-10/h3,5-10H2,1-2,4H3;2-9H2,1H3. The number of rotatable bonds is 11. The summed E-state index contributed by atoms with van der Waals surface area (Å²) in [7, 11) is 1.77. The lowest BCUT2D eigenvalue weighted by atomic mass is 9.80. The van der Waals surface area contributed by atoms with Crippen molar-refractivity contribution in [3.05, 3.63) is 11.6 Å². The Labute approximate surface area is 157 Å². The first-order chi connectivity index (χ1) is 11.5. The quantitative estimate of drug-likeness (QED) is 0.383. The van der Waals surface area contributed by atoms with Crippen molar-refractivity contribution in [1.82, 2.24) is 4.90 Å². The third-order valence-electron chi connectivity index (χ3n) is 5.06. The second-order valence-electron chi connectivity index (χ2n) is 7.42. The smallest absolute Gasteiger partial charge is 0.0474 e. The van der Waals surface area contributed by atoms with Crippen LogP contribution >= 0.6 is 11.6 Å². The fourth-order valence-electron chi connectivity index (χ4n) is 3.33. The molecule has 0 saturated carbocycles. The summed E-state index contributed by atoms with van der Waals surface area (Å²) in [4.78, 5) is 2.54. The molecule has 0 aromatic rings. The predicted octanol–water partition coefficient (Wildman–Crippen LogP) is 6.63. The maximum absolute atomic E-state index is 6.05. The number of likely N-dealkylation sites (tertiary alicyclic amines) is 1. The second-order valence-corrected chi connectivity index (χ2v) is 7.88. The molecule has 24 heavy (non-hydrogen) atoms. The van der Waals surface area contributed by atoms with Crippen molar-refractivity contribution in [3.63, 3.8) is 0 Å². The van der Waals surface area contributed by atoms with Crippen LogP contribution in [0.2, 0.25) is 0 Å². The highest BCUT2D eigenvalue weighted by molar-refractivity contribution is 6.29. The summed E-state index contributed by atoms with van der Waals surface area (Å²) in [6.45, 7) is 15.3. The lowest BCUT2D eigenvalue weighted by Gasteiger charge is -2.28. The van der Waals surface area contributed by atoms with Crippen molar-refractivity contribution in [2.45, 2.75) is 85.0 Å². The van der Waals surface area contributed by atoms with Gasteiger partial charge >= 0.3 is 0 Å². The van der Waals surface area contributed by atoms with Crippen molar-refractivity contribution in [1.29, 1.82) is 0 Å². The lowest BCUT2D eigenvalue weighted by Crippen LogP contribution is -2.31. The third-order valence-corrected chi connectivity index (χ3v) is 5.52. The molecule has 0 aromatic heterocycles. The summed E-state index contributed by atoms with van der Waals surface area (Å²) in [5.74, 6) is 0. The highest BCUT2D eigenvalue weighted by Crippen LogP contribution is 2.38. The van der Waals surface area contributed by atoms with Crippen molar-refractivity contribution in [3.8, 4) is 0 Å². The molecular weight excluding hydrogens is 318 g/mol. The van der Waals surface area contributed by atoms with Gasteiger partial charge in [0.05, 0.1) is 0 Å². The predicted molar refractivity (Wildman–Crippen MR) is 109 cm³/mol. The van der Waals surface area contributed by atoms with Crippen LogP contribution < -0.4 is 0 Å². The van der Waals surface area contributed by atoms with E-state index in [9.17, 15) is 0 Å². The molecule has 0 bridgehead atoms. The van der Waals surface area contributed by atoms with E-state index in [0.717, 1.165) is 11.6 Å². The van der Waals surface area contributed by atoms with E-state index in [0.29, 0.717) is 0 Å². The third kappa shape index (κ3) is 11.5. The van der Waals surface area contributed by atoms with Crippen LogP contribution in [0, 0.1) is 5.41 Å². The van der Waals surface area contributed by atoms with E-state index in [1.807, 2.05) is 0 Å². The molecule has 1 aliphatic heterocycles. The number of nitrogens with zero attached hydrogens (tertiary/aromatic N) is 1. The van der Waals surface area contributed by atoms with Gasteiger partial charge in [0, 0.05) is 30.7 Å². The van der Waals surface area contributed by atoms with Gasteiger partial charge in [0.1, 0.15) is 0 Å². The van der Waals surface area contributed by atoms with Crippen molar-refractivity contribution < 1.29 is 4.74 Å². The number of hydrogen-bond donors (Lipinski definition) is 0. The number of halogens is 1. The Morgan fingerprint density at radius 2 is 1.71 bits per heavy atom. The number of unbranched alkanes of at least 4 members (excludes halogenated alkanes) is 2. The van der Waals surface area contributed by atoms with Crippen LogP contribution in [0.5, 0.6) is 0 Å². The summed E-state index contributed by atoms with van der Waals surface area (Å²) in [6.07, 6.45) is 12.8. The summed E-state index contributed by atoms with van der Waals surface area (Å²) in [5.41, 5.74) is 0.172. The molecule has 1 aliphatic rings. The fourth-order valence-corrected chi connectivity index (χ4v) is 3.52. The summed E-state index contributed by atoms with van der Waals surface area (Å²) < 4.78 is 5.01. The average molecular weight is 360 g/mol. The molecule has 0 aliphatic carbocycles. The number of allylic oxidation sites excluding steroid dienone is 1. The Bertz CT molecular complexity index is 302. The molecule has 0 aromatic carbocycles. The molecule has 1 atom stereocenters. The molecule has 1 fully saturated rings. The molecule has 1 heterocycles. The maximum atomic E-state index is 6.05. The summed E-state index contributed by atoms with van der Waals surface area (Å²) in [5, 5.41) is 0.838. The van der Waals surface area contributed by atoms with Gasteiger partial charge in [-0.15, -0.1) is 0 Å². The Balaban J connectivity index is 0.000000446. The van der Waals surface area contributed by atoms with Gasteiger partial charge < -0.3 is 9.64 Å². The van der Waals surface area contributed by atoms with E-state index < -0.39 is 0 Å². The molecule has 1 saturated heterocycles. The van der Waals surface area contributed by atoms with Gasteiger partial charge in [0.2, 0.25) is 0 Å². The molecule has 1 rings (SSSR count). The zero-order valence-corrected chi connectivity index (χ0v) is 17.6. The Morgan fingerprint density at radius 3 is 2.21 bits per heavy atom. The van der Waals surface area contributed by atoms with Gasteiger partial charge in [0.25, 0.3) is 0 Å². The average Bonchev–Trinajstić information content (AvgIpc) is 2.57. The molecule has 3 heteroatoms. The van der Waals surface area contributed by atoms with Crippen LogP contribution in [0.3, 0.4) is 0 Å². The van der Waals surface area contributed by atoms with Crippen LogP contribution in [0.1, 0.15) is 85.0 Å². The normalized spacial score (nSPS) is 17.7. The van der Waals surface area contributed by atoms with Crippen molar-refractivity contribution >= 4 is 11.6 Å². The SMILES string of the molecule is C=C(Cl)C(C)(CCC)CCCCC.COCCCN1CCCCC1. The minimum atomic E-state index is 0.172. The van der Waals surface area contributed by atoms with Gasteiger partial charge in [-0.3, -0.25) is 0 Å². The van der Waals surface area contributed by atoms with Gasteiger partial charge in [-0.1, -0.05) is 71.1 Å². The maximum Gasteiger partial charge on any atom is 0.0474 e. The monoisotopic (exact) mass is 359 g/mol. The number of methoxy groups -OCH3 is 1. The van der Waals surface area contributed by atoms with E-state index in [1.165, 1.54) is 83.8 Å². The molecule has 0 N–H and O–H groups in total. The highest BCUT2D eigenvalue weighted by Gasteiger charge is 2.24. The van der Waals surface area contributed by atoms with Gasteiger partial charge in [-0.05, 0) is 45.2 Å². The number of piperidine rings is 1. The fraction of sp³-hybridized carbons (Fsp3) is 0.905. The number of ether oxygens (including phenoxy) is 1. The van der Waals surface area contributed by atoms with Crippen LogP contribution in [-0.4, -0.2) is 38.3 Å². The Morgan fingerprint density at radius 1 is 1.04 bits per heavy atom. The highest BCUT2D eigenvalue weighted by atomic mass is 35.5. The first-order valence-electron chi connectivity index (χ1n) is 10.1. The first-order valence-corrected chi connectivity index (χ1v) is 10.4. The molecule has 2 nitrogen and oxygen atoms in total. The minimum absolute atomic E-state index is 0.172. The minimum Gasteiger partial charge on any atom is -0.385 e.